The highest BCUT2D eigenvalue weighted by molar-refractivity contribution is 5.38. The number of benzene rings is 1. The van der Waals surface area contributed by atoms with E-state index in [1.54, 1.807) is 9.13 Å². The lowest BCUT2D eigenvalue weighted by Gasteiger charge is -2.13. The van der Waals surface area contributed by atoms with Gasteiger partial charge in [0.1, 0.15) is 11.6 Å². The van der Waals surface area contributed by atoms with Gasteiger partial charge < -0.3 is 0 Å². The van der Waals surface area contributed by atoms with Gasteiger partial charge >= 0.3 is 5.69 Å². The van der Waals surface area contributed by atoms with Gasteiger partial charge in [0.05, 0.1) is 5.69 Å². The third kappa shape index (κ3) is 2.09. The minimum atomic E-state index is -0.111. The maximum atomic E-state index is 12.8. The fraction of sp³-hybridized carbons (Fsp3) is 0.312. The number of nitrogens with zero attached hydrogens (tertiary/aromatic N) is 4. The second-order valence-electron chi connectivity index (χ2n) is 4.94. The van der Waals surface area contributed by atoms with E-state index in [2.05, 4.69) is 11.1 Å². The van der Waals surface area contributed by atoms with Crippen LogP contribution in [0.1, 0.15) is 24.6 Å². The lowest BCUT2D eigenvalue weighted by molar-refractivity contribution is 0.654. The van der Waals surface area contributed by atoms with E-state index in [1.165, 1.54) is 0 Å². The molecule has 0 saturated carbocycles. The number of hydrogen-bond acceptors (Lipinski definition) is 3. The normalized spacial score (nSPS) is 14.0. The molecular formula is C16H16N4O. The number of rotatable bonds is 2. The van der Waals surface area contributed by atoms with Crippen LogP contribution in [0.4, 0.5) is 0 Å². The van der Waals surface area contributed by atoms with E-state index in [4.69, 9.17) is 0 Å². The van der Waals surface area contributed by atoms with Crippen molar-refractivity contribution in [2.45, 2.75) is 26.3 Å². The molecule has 106 valence electrons. The van der Waals surface area contributed by atoms with Crippen LogP contribution in [0.2, 0.25) is 0 Å². The fourth-order valence-electron chi connectivity index (χ4n) is 2.82. The molecular weight excluding hydrogens is 264 g/mol. The number of para-hydroxylation sites is 1. The molecule has 21 heavy (non-hydrogen) atoms. The van der Waals surface area contributed by atoms with Crippen LogP contribution in [0.15, 0.2) is 40.1 Å². The highest BCUT2D eigenvalue weighted by atomic mass is 16.1. The molecule has 1 aliphatic heterocycles. The SMILES string of the molecule is CCN=c1c(C#N)c2n(c(=O)n1-c1ccccc1)CCC2. The molecule has 0 N–H and O–H groups in total. The molecule has 0 fully saturated rings. The van der Waals surface area contributed by atoms with E-state index in [1.807, 2.05) is 37.3 Å². The molecule has 0 saturated heterocycles. The molecule has 0 bridgehead atoms. The third-order valence-electron chi connectivity index (χ3n) is 3.70. The lowest BCUT2D eigenvalue weighted by Crippen LogP contribution is -2.41. The maximum absolute atomic E-state index is 12.8. The lowest BCUT2D eigenvalue weighted by atomic mass is 10.2. The summed E-state index contributed by atoms with van der Waals surface area (Å²) in [5.74, 6) is 0. The van der Waals surface area contributed by atoms with Crippen LogP contribution in [-0.2, 0) is 13.0 Å². The summed E-state index contributed by atoms with van der Waals surface area (Å²) in [7, 11) is 0. The molecule has 0 unspecified atom stereocenters. The Morgan fingerprint density at radius 3 is 2.76 bits per heavy atom. The van der Waals surface area contributed by atoms with Crippen LogP contribution in [0.3, 0.4) is 0 Å². The first-order valence-electron chi connectivity index (χ1n) is 7.12. The van der Waals surface area contributed by atoms with Crippen LogP contribution >= 0.6 is 0 Å². The zero-order valence-corrected chi connectivity index (χ0v) is 11.9. The Labute approximate surface area is 122 Å². The van der Waals surface area contributed by atoms with Crippen molar-refractivity contribution in [3.05, 3.63) is 57.6 Å². The van der Waals surface area contributed by atoms with Crippen molar-refractivity contribution in [1.82, 2.24) is 9.13 Å². The third-order valence-corrected chi connectivity index (χ3v) is 3.70. The van der Waals surface area contributed by atoms with E-state index in [0.29, 0.717) is 24.1 Å². The first kappa shape index (κ1) is 13.4. The largest absolute Gasteiger partial charge is 0.334 e. The Kier molecular flexibility index (Phi) is 3.44. The van der Waals surface area contributed by atoms with Gasteiger partial charge in [0.25, 0.3) is 0 Å². The molecule has 2 aromatic rings. The summed E-state index contributed by atoms with van der Waals surface area (Å²) in [4.78, 5) is 17.2. The molecule has 0 amide bonds. The molecule has 5 heteroatoms. The highest BCUT2D eigenvalue weighted by Gasteiger charge is 2.21. The molecule has 5 nitrogen and oxygen atoms in total. The van der Waals surface area contributed by atoms with Gasteiger partial charge in [0.2, 0.25) is 0 Å². The van der Waals surface area contributed by atoms with Crippen LogP contribution in [0.5, 0.6) is 0 Å². The van der Waals surface area contributed by atoms with Gasteiger partial charge in [-0.3, -0.25) is 9.56 Å². The summed E-state index contributed by atoms with van der Waals surface area (Å²) in [6.07, 6.45) is 1.66. The van der Waals surface area contributed by atoms with E-state index in [9.17, 15) is 10.1 Å². The molecule has 2 heterocycles. The van der Waals surface area contributed by atoms with Gasteiger partial charge in [-0.05, 0) is 31.9 Å². The van der Waals surface area contributed by atoms with E-state index in [-0.39, 0.29) is 5.69 Å². The molecule has 0 aliphatic carbocycles. The standard InChI is InChI=1S/C16H16N4O/c1-2-18-15-13(11-17)14-9-6-10-19(14)16(21)20(15)12-7-4-3-5-8-12/h3-5,7-8H,2,6,9-10H2,1H3. The molecule has 1 aromatic carbocycles. The van der Waals surface area contributed by atoms with Crippen molar-refractivity contribution in [2.75, 3.05) is 6.54 Å². The van der Waals surface area contributed by atoms with Crippen LogP contribution in [0.25, 0.3) is 5.69 Å². The van der Waals surface area contributed by atoms with Gasteiger partial charge in [-0.25, -0.2) is 9.36 Å². The number of aromatic nitrogens is 2. The zero-order chi connectivity index (χ0) is 14.8. The van der Waals surface area contributed by atoms with Crippen molar-refractivity contribution in [3.8, 4) is 11.8 Å². The summed E-state index contributed by atoms with van der Waals surface area (Å²) in [6, 6.07) is 11.6. The van der Waals surface area contributed by atoms with E-state index >= 15 is 0 Å². The average Bonchev–Trinajstić information content (AvgIpc) is 2.99. The molecule has 1 aromatic heterocycles. The van der Waals surface area contributed by atoms with E-state index < -0.39 is 0 Å². The van der Waals surface area contributed by atoms with Crippen LogP contribution < -0.4 is 11.2 Å². The number of hydrogen-bond donors (Lipinski definition) is 0. The topological polar surface area (TPSA) is 63.1 Å². The highest BCUT2D eigenvalue weighted by Crippen LogP contribution is 2.14. The molecule has 1 aliphatic rings. The van der Waals surface area contributed by atoms with Crippen LogP contribution in [-0.4, -0.2) is 15.7 Å². The quantitative estimate of drug-likeness (QED) is 0.834. The predicted molar refractivity (Wildman–Crippen MR) is 79.2 cm³/mol. The Bertz CT molecular complexity index is 838. The summed E-state index contributed by atoms with van der Waals surface area (Å²) < 4.78 is 3.26. The van der Waals surface area contributed by atoms with Crippen LogP contribution in [0, 0.1) is 11.3 Å². The summed E-state index contributed by atoms with van der Waals surface area (Å²) in [5.41, 5.74) is 2.46. The second kappa shape index (κ2) is 5.41. The minimum Gasteiger partial charge on any atom is -0.296 e. The maximum Gasteiger partial charge on any atom is 0.334 e. The van der Waals surface area contributed by atoms with Crippen molar-refractivity contribution in [2.24, 2.45) is 4.99 Å². The molecule has 0 radical (unpaired) electrons. The van der Waals surface area contributed by atoms with Crippen molar-refractivity contribution < 1.29 is 0 Å². The van der Waals surface area contributed by atoms with Gasteiger partial charge in [0.15, 0.2) is 5.49 Å². The molecule has 0 spiro atoms. The Hall–Kier alpha value is -2.61. The summed E-state index contributed by atoms with van der Waals surface area (Å²) >= 11 is 0. The summed E-state index contributed by atoms with van der Waals surface area (Å²) in [6.45, 7) is 3.10. The monoisotopic (exact) mass is 280 g/mol. The van der Waals surface area contributed by atoms with Crippen molar-refractivity contribution in [1.29, 1.82) is 5.26 Å². The zero-order valence-electron chi connectivity index (χ0n) is 11.9. The van der Waals surface area contributed by atoms with Crippen molar-refractivity contribution in [3.63, 3.8) is 0 Å². The molecule has 3 rings (SSSR count). The number of nitriles is 1. The van der Waals surface area contributed by atoms with Gasteiger partial charge in [0, 0.05) is 18.8 Å². The van der Waals surface area contributed by atoms with Gasteiger partial charge in [-0.2, -0.15) is 5.26 Å². The average molecular weight is 280 g/mol. The summed E-state index contributed by atoms with van der Waals surface area (Å²) in [5, 5.41) is 9.53. The second-order valence-corrected chi connectivity index (χ2v) is 4.94. The van der Waals surface area contributed by atoms with E-state index in [0.717, 1.165) is 24.2 Å². The Balaban J connectivity index is 2.48. The Morgan fingerprint density at radius 1 is 1.33 bits per heavy atom. The van der Waals surface area contributed by atoms with Gasteiger partial charge in [-0.15, -0.1) is 0 Å². The Morgan fingerprint density at radius 2 is 2.10 bits per heavy atom. The number of fused-ring (bicyclic) bond motifs is 1. The van der Waals surface area contributed by atoms with Gasteiger partial charge in [-0.1, -0.05) is 18.2 Å². The first-order chi connectivity index (χ1) is 10.3. The smallest absolute Gasteiger partial charge is 0.296 e. The first-order valence-corrected chi connectivity index (χ1v) is 7.12. The van der Waals surface area contributed by atoms with Crippen molar-refractivity contribution >= 4 is 0 Å². The predicted octanol–water partition coefficient (Wildman–Crippen LogP) is 1.38. The fourth-order valence-corrected chi connectivity index (χ4v) is 2.82. The molecule has 0 atom stereocenters. The minimum absolute atomic E-state index is 0.111.